The van der Waals surface area contributed by atoms with Crippen LogP contribution in [0.2, 0.25) is 0 Å². The summed E-state index contributed by atoms with van der Waals surface area (Å²) >= 11 is 0. The number of phosphoric ester groups is 1. The lowest BCUT2D eigenvalue weighted by molar-refractivity contribution is -0.272. The summed E-state index contributed by atoms with van der Waals surface area (Å²) in [5.41, 5.74) is 0. The molecule has 3 heterocycles. The molecule has 0 spiro atoms. The number of ether oxygens (including phenoxy) is 12. The highest BCUT2D eigenvalue weighted by molar-refractivity contribution is 7.47. The first-order valence-corrected chi connectivity index (χ1v) is 40.4. The summed E-state index contributed by atoms with van der Waals surface area (Å²) in [6, 6.07) is -5.97. The molecule has 0 aliphatic carbocycles. The van der Waals surface area contributed by atoms with Gasteiger partial charge in [-0.1, -0.05) is 20.3 Å². The van der Waals surface area contributed by atoms with E-state index in [1.807, 2.05) is 13.8 Å². The molecule has 0 aromatic heterocycles. The zero-order chi connectivity index (χ0) is 85.5. The van der Waals surface area contributed by atoms with Crippen LogP contribution >= 0.6 is 7.82 Å². The third-order valence-electron chi connectivity index (χ3n) is 17.6. The van der Waals surface area contributed by atoms with Crippen LogP contribution in [0.3, 0.4) is 0 Å². The Kier molecular flexibility index (Phi) is 57.4. The van der Waals surface area contributed by atoms with Crippen molar-refractivity contribution in [1.82, 2.24) is 47.9 Å². The fourth-order valence-corrected chi connectivity index (χ4v) is 11.9. The molecule has 0 aromatic carbocycles. The van der Waals surface area contributed by atoms with Gasteiger partial charge in [-0.2, -0.15) is 0 Å². The topological polar surface area (TPSA) is 631 Å². The van der Waals surface area contributed by atoms with Crippen molar-refractivity contribution in [3.8, 4) is 0 Å². The summed E-state index contributed by atoms with van der Waals surface area (Å²) in [6.07, 6.45) is -13.9. The number of unbranched alkanes of at least 4 members (excludes halogenated alkanes) is 3. The van der Waals surface area contributed by atoms with Crippen molar-refractivity contribution in [3.63, 3.8) is 0 Å². The van der Waals surface area contributed by atoms with Crippen molar-refractivity contribution in [2.75, 3.05) is 165 Å². The van der Waals surface area contributed by atoms with Gasteiger partial charge < -0.3 is 161 Å². The smallest absolute Gasteiger partial charge is 0.396 e. The van der Waals surface area contributed by atoms with Gasteiger partial charge in [0.25, 0.3) is 0 Å². The van der Waals surface area contributed by atoms with Crippen LogP contribution in [0.1, 0.15) is 118 Å². The molecule has 19 atom stereocenters. The number of rotatable bonds is 63. The number of carbonyl (C=O) groups is 9. The van der Waals surface area contributed by atoms with Gasteiger partial charge in [-0.25, -0.2) is 4.57 Å². The largest absolute Gasteiger partial charge is 0.471 e. The molecular weight excluding hydrogens is 1560 g/mol. The highest BCUT2D eigenvalue weighted by Gasteiger charge is 2.48. The zero-order valence-corrected chi connectivity index (χ0v) is 67.6. The van der Waals surface area contributed by atoms with Crippen LogP contribution in [0.15, 0.2) is 0 Å². The predicted molar refractivity (Wildman–Crippen MR) is 399 cm³/mol. The maximum absolute atomic E-state index is 14.4. The standard InChI is InChI=1S/C68H124N9O35P.C2H6/c1-42(82)73-55-61(92)58(89)48(38-79)110-66(55)106-34-31-101-23-15-52(86)70-19-9-6-12-46(64(95)72-21-26-104-28-30-105-29-27-100-22-14-51(85)69-18-8-5-11-45(37-78)41-109-113(97,98)99-4)77-65(96)47(76-54(88)17-25-103-33-36-108-68-57(75-44(3)84)63(94)60(91)50(40-81)112-68)13-7-10-20-71-53(87)16-24-102-32-35-107-67-56(74-43(2)83)62(93)59(90)49(39-80)111-67;1-2/h45-50,55-63,66-68,78-81,89-94H,5-41H2,1-4H3,(H,69,85)(H,70,86)(H,71,87)(H,72,95)(H,73,82)(H,74,83)(H,75,84)(H,76,88)(H,77,96)(H,97,98);1-2H3/t45?,46-,47-,48?,49?,50?,55?,56?,57?,58?,59?,60?,61?,62?,63?,66?,67?,68?;/m0./s1. The fourth-order valence-electron chi connectivity index (χ4n) is 11.4. The number of amides is 9. The average molecular weight is 1690 g/mol. The third-order valence-corrected chi connectivity index (χ3v) is 18.5. The Labute approximate surface area is 669 Å². The summed E-state index contributed by atoms with van der Waals surface area (Å²) in [5.74, 6) is -5.00. The Bertz CT molecular complexity index is 2770. The highest BCUT2D eigenvalue weighted by Crippen LogP contribution is 2.42. The Morgan fingerprint density at radius 1 is 0.391 bits per heavy atom. The van der Waals surface area contributed by atoms with Gasteiger partial charge in [0.2, 0.25) is 53.2 Å². The van der Waals surface area contributed by atoms with Crippen molar-refractivity contribution < 1.29 is 170 Å². The number of aliphatic hydroxyl groups is 10. The highest BCUT2D eigenvalue weighted by atomic mass is 31.2. The van der Waals surface area contributed by atoms with Crippen LogP contribution in [0.25, 0.3) is 0 Å². The molecule has 3 rings (SSSR count). The Morgan fingerprint density at radius 3 is 1.05 bits per heavy atom. The lowest BCUT2D eigenvalue weighted by atomic mass is 9.97. The zero-order valence-electron chi connectivity index (χ0n) is 66.7. The first kappa shape index (κ1) is 106. The monoisotopic (exact) mass is 1690 g/mol. The molecule has 0 bridgehead atoms. The van der Waals surface area contributed by atoms with Crippen molar-refractivity contribution in [2.45, 2.75) is 222 Å². The van der Waals surface area contributed by atoms with Gasteiger partial charge in [0, 0.05) is 92.3 Å². The Balaban J connectivity index is 0.0000222. The quantitative estimate of drug-likeness (QED) is 0.0199. The van der Waals surface area contributed by atoms with E-state index in [1.165, 1.54) is 20.8 Å². The molecule has 17 unspecified atom stereocenters. The molecule has 670 valence electrons. The number of nitrogens with one attached hydrogen (secondary N) is 9. The predicted octanol–water partition coefficient (Wildman–Crippen LogP) is -7.13. The molecule has 20 N–H and O–H groups in total. The minimum Gasteiger partial charge on any atom is -0.396 e. The van der Waals surface area contributed by atoms with Gasteiger partial charge in [0.1, 0.15) is 85.1 Å². The van der Waals surface area contributed by atoms with Gasteiger partial charge >= 0.3 is 7.82 Å². The van der Waals surface area contributed by atoms with Gasteiger partial charge in [-0.15, -0.1) is 0 Å². The van der Waals surface area contributed by atoms with E-state index < -0.39 is 173 Å². The Hall–Kier alpha value is -5.54. The third kappa shape index (κ3) is 44.9. The van der Waals surface area contributed by atoms with Gasteiger partial charge in [-0.05, 0) is 51.4 Å². The minimum absolute atomic E-state index is 0.00968. The van der Waals surface area contributed by atoms with E-state index in [1.54, 1.807) is 0 Å². The van der Waals surface area contributed by atoms with Crippen LogP contribution in [-0.4, -0.2) is 379 Å². The van der Waals surface area contributed by atoms with E-state index in [0.717, 1.165) is 7.11 Å². The van der Waals surface area contributed by atoms with Crippen molar-refractivity contribution in [2.24, 2.45) is 5.92 Å². The van der Waals surface area contributed by atoms with Crippen LogP contribution in [0.5, 0.6) is 0 Å². The maximum Gasteiger partial charge on any atom is 0.471 e. The maximum atomic E-state index is 14.4. The summed E-state index contributed by atoms with van der Waals surface area (Å²) in [4.78, 5) is 125. The molecule has 44 nitrogen and oxygen atoms in total. The van der Waals surface area contributed by atoms with Crippen molar-refractivity contribution >= 4 is 61.0 Å². The first-order valence-electron chi connectivity index (χ1n) is 38.9. The van der Waals surface area contributed by atoms with Crippen molar-refractivity contribution in [1.29, 1.82) is 0 Å². The minimum atomic E-state index is -4.16. The molecule has 3 aliphatic rings. The van der Waals surface area contributed by atoms with E-state index in [4.69, 9.17) is 61.4 Å². The summed E-state index contributed by atoms with van der Waals surface area (Å²) in [6.45, 7) is 5.72. The second-order valence-electron chi connectivity index (χ2n) is 26.6. The fraction of sp³-hybridized carbons (Fsp3) is 0.871. The SMILES string of the molecule is CC.COP(=O)(O)OCC(CO)CCCCNC(=O)CCOCCOCCOCCNC(=O)[C@H](CCCCNC(=O)CCOCCOC1OC(CO)C(O)C(O)C1NC(C)=O)NC(=O)[C@H](CCCCNC(=O)CCOCCOC1OC(CO)C(O)C(O)C1NC(C)=O)NC(=O)CCOCCOC1OC(CO)C(O)C(O)C1NC(C)=O. The van der Waals surface area contributed by atoms with Crippen molar-refractivity contribution in [3.05, 3.63) is 0 Å². The molecule has 0 saturated carbocycles. The summed E-state index contributed by atoms with van der Waals surface area (Å²) in [7, 11) is -3.12. The normalized spacial score (nSPS) is 24.6. The number of phosphoric acid groups is 1. The van der Waals surface area contributed by atoms with Crippen LogP contribution < -0.4 is 47.9 Å². The summed E-state index contributed by atoms with van der Waals surface area (Å²) < 4.78 is 87.7. The van der Waals surface area contributed by atoms with E-state index >= 15 is 0 Å². The molecule has 3 fully saturated rings. The average Bonchev–Trinajstić information content (AvgIpc) is 0.820. The second-order valence-corrected chi connectivity index (χ2v) is 28.2. The second kappa shape index (κ2) is 62.6. The molecule has 45 heteroatoms. The molecule has 0 radical (unpaired) electrons. The van der Waals surface area contributed by atoms with Crippen LogP contribution in [0, 0.1) is 5.92 Å². The Morgan fingerprint density at radius 2 is 0.713 bits per heavy atom. The molecule has 115 heavy (non-hydrogen) atoms. The number of aliphatic hydroxyl groups excluding tert-OH is 10. The van der Waals surface area contributed by atoms with E-state index in [2.05, 4.69) is 52.4 Å². The molecule has 3 aliphatic heterocycles. The lowest BCUT2D eigenvalue weighted by Crippen LogP contribution is -2.64. The molecule has 3 saturated heterocycles. The molecule has 9 amide bonds. The van der Waals surface area contributed by atoms with Gasteiger partial charge in [-0.3, -0.25) is 52.2 Å². The first-order chi connectivity index (χ1) is 55.1. The van der Waals surface area contributed by atoms with E-state index in [-0.39, 0.29) is 201 Å². The van der Waals surface area contributed by atoms with Gasteiger partial charge in [0.05, 0.1) is 126 Å². The van der Waals surface area contributed by atoms with Crippen LogP contribution in [0.4, 0.5) is 0 Å². The van der Waals surface area contributed by atoms with E-state index in [0.29, 0.717) is 38.6 Å². The molecular formula is C70H130N9O35P. The number of carbonyl (C=O) groups excluding carboxylic acids is 9. The lowest BCUT2D eigenvalue weighted by Gasteiger charge is -2.42. The molecule has 0 aromatic rings. The van der Waals surface area contributed by atoms with Crippen LogP contribution in [-0.2, 0) is 114 Å². The number of hydrogen-bond donors (Lipinski definition) is 20. The summed E-state index contributed by atoms with van der Waals surface area (Å²) in [5, 5.41) is 125. The number of hydrogen-bond acceptors (Lipinski definition) is 34. The van der Waals surface area contributed by atoms with Gasteiger partial charge in [0.15, 0.2) is 18.9 Å². The van der Waals surface area contributed by atoms with E-state index in [9.17, 15) is 104 Å².